The lowest BCUT2D eigenvalue weighted by atomic mass is 10.2. The molecule has 0 aliphatic carbocycles. The number of rotatable bonds is 4. The van der Waals surface area contributed by atoms with Gasteiger partial charge in [-0.05, 0) is 38.0 Å². The van der Waals surface area contributed by atoms with E-state index in [0.717, 1.165) is 11.3 Å². The maximum atomic E-state index is 11.6. The van der Waals surface area contributed by atoms with E-state index in [4.69, 9.17) is 0 Å². The molecule has 6 nitrogen and oxygen atoms in total. The van der Waals surface area contributed by atoms with Crippen LogP contribution in [0.3, 0.4) is 0 Å². The van der Waals surface area contributed by atoms with Crippen LogP contribution in [0.5, 0.6) is 0 Å². The Morgan fingerprint density at radius 1 is 1.13 bits per heavy atom. The summed E-state index contributed by atoms with van der Waals surface area (Å²) in [6, 6.07) is 9.74. The Hall–Kier alpha value is -2.15. The van der Waals surface area contributed by atoms with Gasteiger partial charge in [-0.2, -0.15) is 0 Å². The zero-order valence-corrected chi connectivity index (χ0v) is 14.0. The lowest BCUT2D eigenvalue weighted by molar-refractivity contribution is 0.602. The van der Waals surface area contributed by atoms with Crippen molar-refractivity contribution in [3.05, 3.63) is 41.7 Å². The summed E-state index contributed by atoms with van der Waals surface area (Å²) in [5.74, 6) is 2.37. The lowest BCUT2D eigenvalue weighted by Crippen LogP contribution is -2.21. The van der Waals surface area contributed by atoms with Gasteiger partial charge in [-0.15, -0.1) is 0 Å². The molecule has 2 N–H and O–H groups in total. The minimum atomic E-state index is -2.91. The molecule has 1 aliphatic heterocycles. The third kappa shape index (κ3) is 4.19. The molecule has 1 aliphatic rings. The van der Waals surface area contributed by atoms with Gasteiger partial charge in [-0.3, -0.25) is 0 Å². The number of anilines is 3. The zero-order chi connectivity index (χ0) is 16.4. The Morgan fingerprint density at radius 3 is 2.61 bits per heavy atom. The minimum Gasteiger partial charge on any atom is -0.366 e. The SMILES string of the molecule is Cc1cccc(Nc2cc(NC3CCS(=O)(=O)C3)nc(C)n2)c1. The first-order chi connectivity index (χ1) is 10.9. The van der Waals surface area contributed by atoms with Gasteiger partial charge in [0.05, 0.1) is 11.5 Å². The lowest BCUT2D eigenvalue weighted by Gasteiger charge is -2.14. The van der Waals surface area contributed by atoms with E-state index in [2.05, 4.69) is 20.6 Å². The Balaban J connectivity index is 1.76. The van der Waals surface area contributed by atoms with E-state index >= 15 is 0 Å². The molecule has 1 saturated heterocycles. The van der Waals surface area contributed by atoms with Crippen molar-refractivity contribution in [1.29, 1.82) is 0 Å². The van der Waals surface area contributed by atoms with Crippen LogP contribution in [0.15, 0.2) is 30.3 Å². The normalized spacial score (nSPS) is 19.5. The van der Waals surface area contributed by atoms with E-state index in [1.807, 2.05) is 38.1 Å². The summed E-state index contributed by atoms with van der Waals surface area (Å²) < 4.78 is 23.1. The summed E-state index contributed by atoms with van der Waals surface area (Å²) in [6.45, 7) is 3.85. The Labute approximate surface area is 136 Å². The third-order valence-corrected chi connectivity index (χ3v) is 5.48. The largest absolute Gasteiger partial charge is 0.366 e. The first-order valence-electron chi connectivity index (χ1n) is 7.56. The summed E-state index contributed by atoms with van der Waals surface area (Å²) in [5, 5.41) is 6.46. The number of benzene rings is 1. The number of hydrogen-bond acceptors (Lipinski definition) is 6. The smallest absolute Gasteiger partial charge is 0.152 e. The van der Waals surface area contributed by atoms with E-state index in [1.165, 1.54) is 0 Å². The van der Waals surface area contributed by atoms with Gasteiger partial charge in [0, 0.05) is 17.8 Å². The van der Waals surface area contributed by atoms with Gasteiger partial charge >= 0.3 is 0 Å². The molecular formula is C16H20N4O2S. The van der Waals surface area contributed by atoms with Crippen molar-refractivity contribution in [1.82, 2.24) is 9.97 Å². The monoisotopic (exact) mass is 332 g/mol. The van der Waals surface area contributed by atoms with Crippen LogP contribution in [0.2, 0.25) is 0 Å². The standard InChI is InChI=1S/C16H20N4O2S/c1-11-4-3-5-13(8-11)19-15-9-16(18-12(2)17-15)20-14-6-7-23(21,22)10-14/h3-5,8-9,14H,6-7,10H2,1-2H3,(H2,17,18,19,20). The highest BCUT2D eigenvalue weighted by atomic mass is 32.2. The summed E-state index contributed by atoms with van der Waals surface area (Å²) in [4.78, 5) is 8.73. The van der Waals surface area contributed by atoms with Gasteiger partial charge in [0.15, 0.2) is 9.84 Å². The highest BCUT2D eigenvalue weighted by Crippen LogP contribution is 2.21. The number of sulfone groups is 1. The Morgan fingerprint density at radius 2 is 1.91 bits per heavy atom. The molecule has 7 heteroatoms. The van der Waals surface area contributed by atoms with Crippen LogP contribution in [0.1, 0.15) is 17.8 Å². The fourth-order valence-corrected chi connectivity index (χ4v) is 4.37. The highest BCUT2D eigenvalue weighted by Gasteiger charge is 2.28. The van der Waals surface area contributed by atoms with Crippen LogP contribution in [0, 0.1) is 13.8 Å². The van der Waals surface area contributed by atoms with E-state index in [-0.39, 0.29) is 17.5 Å². The van der Waals surface area contributed by atoms with E-state index in [0.29, 0.717) is 23.9 Å². The Kier molecular flexibility index (Phi) is 4.21. The number of nitrogens with one attached hydrogen (secondary N) is 2. The van der Waals surface area contributed by atoms with Gasteiger partial charge in [-0.1, -0.05) is 12.1 Å². The quantitative estimate of drug-likeness (QED) is 0.894. The highest BCUT2D eigenvalue weighted by molar-refractivity contribution is 7.91. The van der Waals surface area contributed by atoms with Crippen LogP contribution in [-0.2, 0) is 9.84 Å². The first kappa shape index (κ1) is 15.7. The van der Waals surface area contributed by atoms with E-state index in [9.17, 15) is 8.42 Å². The second-order valence-electron chi connectivity index (χ2n) is 5.92. The van der Waals surface area contributed by atoms with Crippen molar-refractivity contribution in [2.24, 2.45) is 0 Å². The fraction of sp³-hybridized carbons (Fsp3) is 0.375. The van der Waals surface area contributed by atoms with Crippen molar-refractivity contribution in [2.75, 3.05) is 22.1 Å². The van der Waals surface area contributed by atoms with Crippen molar-refractivity contribution in [3.63, 3.8) is 0 Å². The predicted molar refractivity (Wildman–Crippen MR) is 91.9 cm³/mol. The molecule has 0 saturated carbocycles. The second kappa shape index (κ2) is 6.16. The Bertz CT molecular complexity index is 821. The number of hydrogen-bond donors (Lipinski definition) is 2. The average Bonchev–Trinajstić information content (AvgIpc) is 2.77. The number of nitrogens with zero attached hydrogens (tertiary/aromatic N) is 2. The van der Waals surface area contributed by atoms with Gasteiger partial charge in [0.2, 0.25) is 0 Å². The molecule has 1 fully saturated rings. The maximum Gasteiger partial charge on any atom is 0.152 e. The summed E-state index contributed by atoms with van der Waals surface area (Å²) >= 11 is 0. The van der Waals surface area contributed by atoms with Crippen LogP contribution >= 0.6 is 0 Å². The van der Waals surface area contributed by atoms with Crippen molar-refractivity contribution in [2.45, 2.75) is 26.3 Å². The van der Waals surface area contributed by atoms with Gasteiger partial charge < -0.3 is 10.6 Å². The van der Waals surface area contributed by atoms with Gasteiger partial charge in [-0.25, -0.2) is 18.4 Å². The average molecular weight is 332 g/mol. The predicted octanol–water partition coefficient (Wildman–Crippen LogP) is 2.44. The molecule has 1 aromatic heterocycles. The molecular weight excluding hydrogens is 312 g/mol. The van der Waals surface area contributed by atoms with E-state index < -0.39 is 9.84 Å². The molecule has 0 radical (unpaired) electrons. The summed E-state index contributed by atoms with van der Waals surface area (Å²) in [6.07, 6.45) is 0.617. The molecule has 1 unspecified atom stereocenters. The molecule has 1 atom stereocenters. The molecule has 23 heavy (non-hydrogen) atoms. The van der Waals surface area contributed by atoms with Crippen LogP contribution in [0.4, 0.5) is 17.3 Å². The summed E-state index contributed by atoms with van der Waals surface area (Å²) in [5.41, 5.74) is 2.12. The van der Waals surface area contributed by atoms with Crippen molar-refractivity contribution >= 4 is 27.2 Å². The number of aryl methyl sites for hydroxylation is 2. The molecule has 2 aromatic rings. The molecule has 0 bridgehead atoms. The molecule has 1 aromatic carbocycles. The maximum absolute atomic E-state index is 11.6. The van der Waals surface area contributed by atoms with E-state index in [1.54, 1.807) is 6.07 Å². The van der Waals surface area contributed by atoms with Crippen LogP contribution < -0.4 is 10.6 Å². The van der Waals surface area contributed by atoms with Gasteiger partial charge in [0.1, 0.15) is 17.5 Å². The van der Waals surface area contributed by atoms with Crippen molar-refractivity contribution in [3.8, 4) is 0 Å². The second-order valence-corrected chi connectivity index (χ2v) is 8.15. The minimum absolute atomic E-state index is 0.0823. The molecule has 2 heterocycles. The third-order valence-electron chi connectivity index (χ3n) is 3.71. The van der Waals surface area contributed by atoms with Crippen molar-refractivity contribution < 1.29 is 8.42 Å². The topological polar surface area (TPSA) is 84.0 Å². The van der Waals surface area contributed by atoms with Gasteiger partial charge in [0.25, 0.3) is 0 Å². The zero-order valence-electron chi connectivity index (χ0n) is 13.2. The number of aromatic nitrogens is 2. The molecule has 0 spiro atoms. The fourth-order valence-electron chi connectivity index (χ4n) is 2.69. The molecule has 122 valence electrons. The molecule has 3 rings (SSSR count). The van der Waals surface area contributed by atoms with Crippen LogP contribution in [0.25, 0.3) is 0 Å². The summed E-state index contributed by atoms with van der Waals surface area (Å²) in [7, 11) is -2.91. The molecule has 0 amide bonds. The first-order valence-corrected chi connectivity index (χ1v) is 9.38. The van der Waals surface area contributed by atoms with Crippen LogP contribution in [-0.4, -0.2) is 35.9 Å².